The summed E-state index contributed by atoms with van der Waals surface area (Å²) in [6.07, 6.45) is 3.56. The Bertz CT molecular complexity index is 779. The van der Waals surface area contributed by atoms with Gasteiger partial charge in [0.1, 0.15) is 17.5 Å². The van der Waals surface area contributed by atoms with E-state index in [2.05, 4.69) is 4.90 Å². The van der Waals surface area contributed by atoms with Crippen molar-refractivity contribution in [2.75, 3.05) is 19.3 Å². The number of carbonyl (C=O) groups is 1. The van der Waals surface area contributed by atoms with Gasteiger partial charge < -0.3 is 15.6 Å². The molecule has 1 aromatic carbocycles. The number of benzene rings is 1. The molecule has 0 spiro atoms. The number of fused-ring (bicyclic) bond motifs is 1. The van der Waals surface area contributed by atoms with Gasteiger partial charge in [-0.05, 0) is 58.0 Å². The highest BCUT2D eigenvalue weighted by Crippen LogP contribution is 2.43. The molecule has 2 aliphatic rings. The van der Waals surface area contributed by atoms with E-state index in [0.29, 0.717) is 11.8 Å². The lowest BCUT2D eigenvalue weighted by molar-refractivity contribution is -0.0961. The van der Waals surface area contributed by atoms with Gasteiger partial charge >= 0.3 is 0 Å². The highest BCUT2D eigenvalue weighted by Gasteiger charge is 2.45. The predicted molar refractivity (Wildman–Crippen MR) is 101 cm³/mol. The van der Waals surface area contributed by atoms with E-state index in [1.54, 1.807) is 18.2 Å². The maximum atomic E-state index is 11.5. The highest BCUT2D eigenvalue weighted by molar-refractivity contribution is 7.85. The second kappa shape index (κ2) is 8.14. The summed E-state index contributed by atoms with van der Waals surface area (Å²) in [5.74, 6) is 0.274. The van der Waals surface area contributed by atoms with Crippen LogP contribution in [0.2, 0.25) is 0 Å². The smallest absolute Gasteiger partial charge is 0.261 e. The van der Waals surface area contributed by atoms with Crippen LogP contribution in [0.1, 0.15) is 55.1 Å². The van der Waals surface area contributed by atoms with Crippen LogP contribution in [0.4, 0.5) is 0 Å². The van der Waals surface area contributed by atoms with Gasteiger partial charge in [0.15, 0.2) is 0 Å². The molecule has 0 bridgehead atoms. The van der Waals surface area contributed by atoms with Crippen molar-refractivity contribution in [2.24, 2.45) is 5.73 Å². The van der Waals surface area contributed by atoms with Gasteiger partial charge in [-0.15, -0.1) is 0 Å². The lowest BCUT2D eigenvalue weighted by Gasteiger charge is -2.47. The van der Waals surface area contributed by atoms with Gasteiger partial charge in [-0.2, -0.15) is 8.42 Å². The van der Waals surface area contributed by atoms with Crippen LogP contribution < -0.4 is 10.5 Å². The topological polar surface area (TPSA) is 130 Å². The van der Waals surface area contributed by atoms with Crippen LogP contribution in [-0.2, 0) is 10.1 Å². The molecule has 2 aliphatic heterocycles. The molecule has 1 amide bonds. The van der Waals surface area contributed by atoms with E-state index in [1.165, 1.54) is 6.42 Å². The van der Waals surface area contributed by atoms with Crippen LogP contribution in [0.15, 0.2) is 18.2 Å². The summed E-state index contributed by atoms with van der Waals surface area (Å²) in [6, 6.07) is 5.09. The zero-order valence-corrected chi connectivity index (χ0v) is 16.7. The minimum atomic E-state index is -3.67. The third-order valence-corrected chi connectivity index (χ3v) is 4.78. The van der Waals surface area contributed by atoms with E-state index < -0.39 is 27.7 Å². The summed E-state index contributed by atoms with van der Waals surface area (Å²) in [5.41, 5.74) is 6.06. The minimum absolute atomic E-state index is 0.154. The number of rotatable bonds is 2. The first-order valence-corrected chi connectivity index (χ1v) is 10.7. The maximum absolute atomic E-state index is 11.5. The van der Waals surface area contributed by atoms with Crippen molar-refractivity contribution in [2.45, 2.75) is 50.9 Å². The van der Waals surface area contributed by atoms with Gasteiger partial charge in [0.05, 0.1) is 12.3 Å². The van der Waals surface area contributed by atoms with E-state index in [4.69, 9.17) is 15.0 Å². The Hall–Kier alpha value is -1.68. The molecule has 0 radical (unpaired) electrons. The Morgan fingerprint density at radius 3 is 2.33 bits per heavy atom. The van der Waals surface area contributed by atoms with E-state index >= 15 is 0 Å². The first kappa shape index (κ1) is 21.6. The van der Waals surface area contributed by atoms with Crippen molar-refractivity contribution < 1.29 is 27.6 Å². The standard InChI is InChI=1S/C17H24N2O3.CH4O3S/c1-17(2)15(20)14(19-8-4-3-5-9-19)12-10-11(16(18)21)6-7-13(12)22-17;1-5(2,3)4/h6-7,10,14-15,20H,3-5,8-9H2,1-2H3,(H2,18,21);1H3,(H,2,3,4)/t14-,15+;/m1./s1. The minimum Gasteiger partial charge on any atom is -0.485 e. The lowest BCUT2D eigenvalue weighted by Crippen LogP contribution is -2.54. The average molecular weight is 400 g/mol. The summed E-state index contributed by atoms with van der Waals surface area (Å²) < 4.78 is 31.8. The number of hydrogen-bond acceptors (Lipinski definition) is 6. The molecule has 3 rings (SSSR count). The number of aliphatic hydroxyl groups excluding tert-OH is 1. The molecule has 8 nitrogen and oxygen atoms in total. The first-order valence-electron chi connectivity index (χ1n) is 8.87. The van der Waals surface area contributed by atoms with Crippen LogP contribution in [0.5, 0.6) is 5.75 Å². The molecule has 152 valence electrons. The Balaban J connectivity index is 0.000000465. The number of primary amides is 1. The molecule has 0 unspecified atom stereocenters. The number of ether oxygens (including phenoxy) is 1. The number of nitrogens with zero attached hydrogens (tertiary/aromatic N) is 1. The van der Waals surface area contributed by atoms with E-state index in [1.807, 2.05) is 13.8 Å². The third-order valence-electron chi connectivity index (χ3n) is 4.78. The van der Waals surface area contributed by atoms with Crippen molar-refractivity contribution in [1.82, 2.24) is 4.90 Å². The molecule has 2 heterocycles. The van der Waals surface area contributed by atoms with Crippen molar-refractivity contribution >= 4 is 16.0 Å². The van der Waals surface area contributed by atoms with Crippen LogP contribution in [-0.4, -0.2) is 59.9 Å². The summed E-state index contributed by atoms with van der Waals surface area (Å²) in [4.78, 5) is 13.8. The number of hydrogen-bond donors (Lipinski definition) is 3. The van der Waals surface area contributed by atoms with E-state index in [-0.39, 0.29) is 6.04 Å². The van der Waals surface area contributed by atoms with Crippen LogP contribution in [0.25, 0.3) is 0 Å². The van der Waals surface area contributed by atoms with Gasteiger partial charge in [-0.3, -0.25) is 14.2 Å². The Morgan fingerprint density at radius 2 is 1.81 bits per heavy atom. The third kappa shape index (κ3) is 5.65. The fraction of sp³-hybridized carbons (Fsp3) is 0.611. The maximum Gasteiger partial charge on any atom is 0.261 e. The monoisotopic (exact) mass is 400 g/mol. The highest BCUT2D eigenvalue weighted by atomic mass is 32.2. The second-order valence-corrected chi connectivity index (χ2v) is 9.01. The molecule has 1 fully saturated rings. The molecule has 1 saturated heterocycles. The van der Waals surface area contributed by atoms with Crippen LogP contribution >= 0.6 is 0 Å². The molecule has 9 heteroatoms. The first-order chi connectivity index (χ1) is 12.4. The summed E-state index contributed by atoms with van der Waals surface area (Å²) in [7, 11) is -3.67. The molecule has 0 aromatic heterocycles. The van der Waals surface area contributed by atoms with Crippen molar-refractivity contribution in [3.05, 3.63) is 29.3 Å². The van der Waals surface area contributed by atoms with Gasteiger partial charge in [-0.1, -0.05) is 6.42 Å². The Kier molecular flexibility index (Phi) is 6.51. The van der Waals surface area contributed by atoms with Gasteiger partial charge in [0.25, 0.3) is 10.1 Å². The fourth-order valence-electron chi connectivity index (χ4n) is 3.51. The zero-order chi connectivity index (χ0) is 20.4. The largest absolute Gasteiger partial charge is 0.485 e. The quantitative estimate of drug-likeness (QED) is 0.639. The molecule has 2 atom stereocenters. The van der Waals surface area contributed by atoms with E-state index in [9.17, 15) is 18.3 Å². The van der Waals surface area contributed by atoms with Crippen molar-refractivity contribution in [3.8, 4) is 5.75 Å². The van der Waals surface area contributed by atoms with Gasteiger partial charge in [0, 0.05) is 11.1 Å². The number of amides is 1. The zero-order valence-electron chi connectivity index (χ0n) is 15.9. The molecule has 0 saturated carbocycles. The predicted octanol–water partition coefficient (Wildman–Crippen LogP) is 1.35. The van der Waals surface area contributed by atoms with E-state index in [0.717, 1.165) is 37.2 Å². The second-order valence-electron chi connectivity index (χ2n) is 7.54. The number of likely N-dealkylation sites (tertiary alicyclic amines) is 1. The lowest BCUT2D eigenvalue weighted by atomic mass is 9.84. The number of carbonyl (C=O) groups excluding carboxylic acids is 1. The fourth-order valence-corrected chi connectivity index (χ4v) is 3.51. The normalized spacial score (nSPS) is 24.8. The van der Waals surface area contributed by atoms with Crippen molar-refractivity contribution in [1.29, 1.82) is 0 Å². The summed E-state index contributed by atoms with van der Waals surface area (Å²) >= 11 is 0. The Morgan fingerprint density at radius 1 is 1.26 bits per heavy atom. The number of aliphatic hydroxyl groups is 1. The van der Waals surface area contributed by atoms with Crippen LogP contribution in [0.3, 0.4) is 0 Å². The SMILES string of the molecule is CC1(C)Oc2ccc(C(N)=O)cc2[C@@H](N2CCCCC2)[C@@H]1O.CS(=O)(=O)O. The Labute approximate surface area is 160 Å². The summed E-state index contributed by atoms with van der Waals surface area (Å²) in [6.45, 7) is 5.72. The van der Waals surface area contributed by atoms with Gasteiger partial charge in [-0.25, -0.2) is 0 Å². The molecule has 27 heavy (non-hydrogen) atoms. The van der Waals surface area contributed by atoms with Gasteiger partial charge in [0.2, 0.25) is 5.91 Å². The molecule has 1 aromatic rings. The average Bonchev–Trinajstić information content (AvgIpc) is 2.54. The molecule has 4 N–H and O–H groups in total. The molecule has 0 aliphatic carbocycles. The molecular formula is C18H28N2O6S. The number of piperidine rings is 1. The van der Waals surface area contributed by atoms with Crippen molar-refractivity contribution in [3.63, 3.8) is 0 Å². The van der Waals surface area contributed by atoms with Crippen LogP contribution in [0, 0.1) is 0 Å². The molecular weight excluding hydrogens is 372 g/mol. The summed E-state index contributed by atoms with van der Waals surface area (Å²) in [5, 5.41) is 10.8. The number of nitrogens with two attached hydrogens (primary N) is 1.